The molecule has 0 spiro atoms. The number of piperazine rings is 1. The third-order valence-corrected chi connectivity index (χ3v) is 3.93. The summed E-state index contributed by atoms with van der Waals surface area (Å²) in [6, 6.07) is 5.25. The highest BCUT2D eigenvalue weighted by molar-refractivity contribution is 5.81. The lowest BCUT2D eigenvalue weighted by Crippen LogP contribution is -2.47. The molecule has 3 N–H and O–H groups in total. The van der Waals surface area contributed by atoms with E-state index >= 15 is 0 Å². The van der Waals surface area contributed by atoms with E-state index in [1.54, 1.807) is 18.2 Å². The Labute approximate surface area is 123 Å². The molecular formula is C15H21N5O. The topological polar surface area (TPSA) is 78.2 Å². The predicted molar refractivity (Wildman–Crippen MR) is 85.7 cm³/mol. The lowest BCUT2D eigenvalue weighted by Gasteiger charge is -2.34. The van der Waals surface area contributed by atoms with Gasteiger partial charge in [0.05, 0.1) is 10.9 Å². The molecule has 0 bridgehead atoms. The molecular weight excluding hydrogens is 266 g/mol. The average Bonchev–Trinajstić information content (AvgIpc) is 2.49. The van der Waals surface area contributed by atoms with Crippen molar-refractivity contribution in [1.82, 2.24) is 14.9 Å². The first kappa shape index (κ1) is 13.9. The van der Waals surface area contributed by atoms with E-state index in [0.29, 0.717) is 22.5 Å². The van der Waals surface area contributed by atoms with Crippen molar-refractivity contribution in [2.75, 3.05) is 43.4 Å². The molecule has 0 aliphatic carbocycles. The van der Waals surface area contributed by atoms with E-state index in [1.807, 2.05) is 0 Å². The monoisotopic (exact) mass is 287 g/mol. The number of hydrogen-bond acceptors (Lipinski definition) is 5. The minimum atomic E-state index is -0.127. The zero-order valence-corrected chi connectivity index (χ0v) is 12.3. The Balaban J connectivity index is 1.85. The molecule has 1 aromatic heterocycles. The number of aromatic amines is 1. The second kappa shape index (κ2) is 5.73. The van der Waals surface area contributed by atoms with Crippen LogP contribution >= 0.6 is 0 Å². The van der Waals surface area contributed by atoms with E-state index in [-0.39, 0.29) is 5.56 Å². The van der Waals surface area contributed by atoms with Gasteiger partial charge in [-0.15, -0.1) is 0 Å². The molecule has 21 heavy (non-hydrogen) atoms. The van der Waals surface area contributed by atoms with Crippen molar-refractivity contribution in [2.45, 2.75) is 13.3 Å². The maximum absolute atomic E-state index is 12.2. The predicted octanol–water partition coefficient (Wildman–Crippen LogP) is 1.04. The van der Waals surface area contributed by atoms with Crippen molar-refractivity contribution in [3.05, 3.63) is 28.6 Å². The second-order valence-electron chi connectivity index (χ2n) is 5.49. The third kappa shape index (κ3) is 2.85. The molecule has 1 aromatic carbocycles. The highest BCUT2D eigenvalue weighted by Crippen LogP contribution is 2.16. The van der Waals surface area contributed by atoms with Crippen molar-refractivity contribution < 1.29 is 0 Å². The van der Waals surface area contributed by atoms with E-state index in [2.05, 4.69) is 26.7 Å². The molecule has 0 atom stereocenters. The largest absolute Gasteiger partial charge is 0.399 e. The summed E-state index contributed by atoms with van der Waals surface area (Å²) in [5.74, 6) is 0.661. The van der Waals surface area contributed by atoms with E-state index in [1.165, 1.54) is 6.42 Å². The number of anilines is 2. The Hall–Kier alpha value is -2.08. The van der Waals surface area contributed by atoms with E-state index in [4.69, 9.17) is 5.73 Å². The fraction of sp³-hybridized carbons (Fsp3) is 0.467. The summed E-state index contributed by atoms with van der Waals surface area (Å²) in [6.45, 7) is 7.14. The zero-order valence-electron chi connectivity index (χ0n) is 12.3. The number of hydrogen-bond donors (Lipinski definition) is 2. The van der Waals surface area contributed by atoms with Gasteiger partial charge < -0.3 is 10.6 Å². The average molecular weight is 287 g/mol. The Bertz CT molecular complexity index is 688. The molecule has 0 saturated carbocycles. The molecule has 6 heteroatoms. The van der Waals surface area contributed by atoms with Crippen LogP contribution in [0.1, 0.15) is 13.3 Å². The Kier molecular flexibility index (Phi) is 3.79. The molecule has 2 aromatic rings. The number of fused-ring (bicyclic) bond motifs is 1. The zero-order chi connectivity index (χ0) is 14.8. The van der Waals surface area contributed by atoms with Crippen LogP contribution in [0.5, 0.6) is 0 Å². The lowest BCUT2D eigenvalue weighted by atomic mass is 10.2. The molecule has 1 saturated heterocycles. The number of nitrogen functional groups attached to an aromatic ring is 1. The van der Waals surface area contributed by atoms with Gasteiger partial charge in [-0.25, -0.2) is 4.98 Å². The van der Waals surface area contributed by atoms with Crippen LogP contribution in [0.2, 0.25) is 0 Å². The molecule has 0 unspecified atom stereocenters. The first-order valence-electron chi connectivity index (χ1n) is 7.44. The minimum Gasteiger partial charge on any atom is -0.399 e. The van der Waals surface area contributed by atoms with Crippen LogP contribution in [-0.2, 0) is 0 Å². The fourth-order valence-electron chi connectivity index (χ4n) is 2.79. The lowest BCUT2D eigenvalue weighted by molar-refractivity contribution is 0.257. The minimum absolute atomic E-state index is 0.127. The summed E-state index contributed by atoms with van der Waals surface area (Å²) in [5.41, 5.74) is 6.87. The maximum Gasteiger partial charge on any atom is 0.260 e. The van der Waals surface area contributed by atoms with Gasteiger partial charge in [0.25, 0.3) is 5.56 Å². The molecule has 112 valence electrons. The Morgan fingerprint density at radius 3 is 2.76 bits per heavy atom. The van der Waals surface area contributed by atoms with Gasteiger partial charge in [0, 0.05) is 31.9 Å². The van der Waals surface area contributed by atoms with Gasteiger partial charge in [0.1, 0.15) is 0 Å². The van der Waals surface area contributed by atoms with Crippen molar-refractivity contribution in [1.29, 1.82) is 0 Å². The molecule has 1 fully saturated rings. The smallest absolute Gasteiger partial charge is 0.260 e. The van der Waals surface area contributed by atoms with E-state index in [9.17, 15) is 4.79 Å². The molecule has 0 radical (unpaired) electrons. The first-order chi connectivity index (χ1) is 10.2. The number of nitrogens with one attached hydrogen (secondary N) is 1. The van der Waals surface area contributed by atoms with Crippen LogP contribution in [-0.4, -0.2) is 47.6 Å². The van der Waals surface area contributed by atoms with Crippen LogP contribution in [0.4, 0.5) is 11.6 Å². The summed E-state index contributed by atoms with van der Waals surface area (Å²) in [4.78, 5) is 24.2. The molecule has 6 nitrogen and oxygen atoms in total. The van der Waals surface area contributed by atoms with Crippen LogP contribution in [0.25, 0.3) is 10.9 Å². The molecule has 0 amide bonds. The van der Waals surface area contributed by atoms with Gasteiger partial charge in [-0.3, -0.25) is 14.7 Å². The van der Waals surface area contributed by atoms with Gasteiger partial charge in [-0.2, -0.15) is 0 Å². The number of H-pyrrole nitrogens is 1. The number of nitrogens with two attached hydrogens (primary N) is 1. The summed E-state index contributed by atoms with van der Waals surface area (Å²) < 4.78 is 0. The van der Waals surface area contributed by atoms with Crippen molar-refractivity contribution in [3.8, 4) is 0 Å². The van der Waals surface area contributed by atoms with Crippen LogP contribution < -0.4 is 16.2 Å². The van der Waals surface area contributed by atoms with Crippen LogP contribution in [0.15, 0.2) is 23.0 Å². The number of benzene rings is 1. The van der Waals surface area contributed by atoms with E-state index < -0.39 is 0 Å². The quantitative estimate of drug-likeness (QED) is 0.825. The molecule has 1 aliphatic heterocycles. The molecule has 1 aliphatic rings. The first-order valence-corrected chi connectivity index (χ1v) is 7.44. The summed E-state index contributed by atoms with van der Waals surface area (Å²) >= 11 is 0. The van der Waals surface area contributed by atoms with Gasteiger partial charge in [-0.05, 0) is 31.2 Å². The standard InChI is InChI=1S/C15H21N5O/c1-2-5-19-6-8-20(9-7-19)15-17-13-4-3-11(16)10-12(13)14(21)18-15/h3-4,10H,2,5-9,16H2,1H3,(H,17,18,21). The van der Waals surface area contributed by atoms with Gasteiger partial charge in [0.15, 0.2) is 0 Å². The van der Waals surface area contributed by atoms with Crippen LogP contribution in [0.3, 0.4) is 0 Å². The van der Waals surface area contributed by atoms with Gasteiger partial charge in [0.2, 0.25) is 5.95 Å². The molecule has 3 rings (SSSR count). The fourth-order valence-corrected chi connectivity index (χ4v) is 2.79. The van der Waals surface area contributed by atoms with E-state index in [0.717, 1.165) is 32.7 Å². The van der Waals surface area contributed by atoms with Gasteiger partial charge >= 0.3 is 0 Å². The van der Waals surface area contributed by atoms with Crippen LogP contribution in [0, 0.1) is 0 Å². The van der Waals surface area contributed by atoms with Crippen molar-refractivity contribution >= 4 is 22.5 Å². The third-order valence-electron chi connectivity index (χ3n) is 3.93. The normalized spacial score (nSPS) is 16.5. The van der Waals surface area contributed by atoms with Crippen molar-refractivity contribution in [3.63, 3.8) is 0 Å². The number of rotatable bonds is 3. The summed E-state index contributed by atoms with van der Waals surface area (Å²) in [5, 5.41) is 0.545. The van der Waals surface area contributed by atoms with Crippen molar-refractivity contribution in [2.24, 2.45) is 0 Å². The summed E-state index contributed by atoms with van der Waals surface area (Å²) in [7, 11) is 0. The number of aromatic nitrogens is 2. The summed E-state index contributed by atoms with van der Waals surface area (Å²) in [6.07, 6.45) is 1.17. The number of nitrogens with zero attached hydrogens (tertiary/aromatic N) is 3. The maximum atomic E-state index is 12.2. The highest BCUT2D eigenvalue weighted by atomic mass is 16.1. The molecule has 2 heterocycles. The second-order valence-corrected chi connectivity index (χ2v) is 5.49. The highest BCUT2D eigenvalue weighted by Gasteiger charge is 2.18. The SMILES string of the molecule is CCCN1CCN(c2nc3ccc(N)cc3c(=O)[nH]2)CC1. The van der Waals surface area contributed by atoms with Gasteiger partial charge in [-0.1, -0.05) is 6.92 Å². The Morgan fingerprint density at radius 2 is 2.05 bits per heavy atom. The Morgan fingerprint density at radius 1 is 1.29 bits per heavy atom.